The van der Waals surface area contributed by atoms with Crippen molar-refractivity contribution in [3.63, 3.8) is 0 Å². The first-order valence-electron chi connectivity index (χ1n) is 5.49. The second-order valence-corrected chi connectivity index (χ2v) is 5.61. The van der Waals surface area contributed by atoms with Crippen molar-refractivity contribution in [3.8, 4) is 0 Å². The third-order valence-corrected chi connectivity index (χ3v) is 3.83. The lowest BCUT2D eigenvalue weighted by Gasteiger charge is -2.03. The Morgan fingerprint density at radius 3 is 2.89 bits per heavy atom. The number of aromatic nitrogens is 5. The Morgan fingerprint density at radius 2 is 2.26 bits per heavy atom. The molecule has 0 fully saturated rings. The third-order valence-electron chi connectivity index (χ3n) is 2.47. The molecule has 2 N–H and O–H groups in total. The van der Waals surface area contributed by atoms with E-state index in [2.05, 4.69) is 20.0 Å². The smallest absolute Gasteiger partial charge is 0.244 e. The molecule has 0 saturated heterocycles. The summed E-state index contributed by atoms with van der Waals surface area (Å²) in [6.45, 7) is 0.191. The number of aryl methyl sites for hydroxylation is 1. The van der Waals surface area contributed by atoms with E-state index in [1.807, 2.05) is 0 Å². The highest BCUT2D eigenvalue weighted by Crippen LogP contribution is 2.07. The fourth-order valence-electron chi connectivity index (χ4n) is 1.42. The minimum absolute atomic E-state index is 0.0446. The summed E-state index contributed by atoms with van der Waals surface area (Å²) in [4.78, 5) is 0.0446. The lowest BCUT2D eigenvalue weighted by atomic mass is 10.6. The summed E-state index contributed by atoms with van der Waals surface area (Å²) < 4.78 is 29.3. The average molecular weight is 286 g/mol. The summed E-state index contributed by atoms with van der Waals surface area (Å²) >= 11 is 0. The van der Waals surface area contributed by atoms with Gasteiger partial charge >= 0.3 is 0 Å². The molecule has 2 aromatic heterocycles. The summed E-state index contributed by atoms with van der Waals surface area (Å²) in [5, 5.41) is 20.0. The molecular formula is C9H14N6O3S. The highest BCUT2D eigenvalue weighted by Gasteiger charge is 2.17. The van der Waals surface area contributed by atoms with Gasteiger partial charge in [-0.2, -0.15) is 5.10 Å². The van der Waals surface area contributed by atoms with Gasteiger partial charge in [-0.05, 0) is 0 Å². The predicted molar refractivity (Wildman–Crippen MR) is 64.3 cm³/mol. The minimum atomic E-state index is -3.65. The van der Waals surface area contributed by atoms with Crippen LogP contribution in [0.25, 0.3) is 0 Å². The molecule has 2 rings (SSSR count). The van der Waals surface area contributed by atoms with Crippen LogP contribution in [0.2, 0.25) is 0 Å². The van der Waals surface area contributed by atoms with E-state index in [-0.39, 0.29) is 24.6 Å². The molecule has 0 aliphatic carbocycles. The number of hydrogen-bond acceptors (Lipinski definition) is 6. The fraction of sp³-hybridized carbons (Fsp3) is 0.444. The van der Waals surface area contributed by atoms with Crippen LogP contribution in [-0.4, -0.2) is 44.7 Å². The van der Waals surface area contributed by atoms with Crippen molar-refractivity contribution in [2.24, 2.45) is 7.05 Å². The number of nitrogens with zero attached hydrogens (tertiary/aromatic N) is 5. The van der Waals surface area contributed by atoms with Gasteiger partial charge in [0.2, 0.25) is 10.0 Å². The highest BCUT2D eigenvalue weighted by molar-refractivity contribution is 7.89. The maximum Gasteiger partial charge on any atom is 0.244 e. The molecule has 0 radical (unpaired) electrons. The first-order chi connectivity index (χ1) is 9.03. The van der Waals surface area contributed by atoms with E-state index in [0.717, 1.165) is 0 Å². The van der Waals surface area contributed by atoms with Crippen molar-refractivity contribution in [2.75, 3.05) is 6.61 Å². The van der Waals surface area contributed by atoms with Gasteiger partial charge < -0.3 is 9.67 Å². The number of sulfonamides is 1. The zero-order valence-corrected chi connectivity index (χ0v) is 11.1. The van der Waals surface area contributed by atoms with Gasteiger partial charge in [-0.15, -0.1) is 10.2 Å². The van der Waals surface area contributed by atoms with Crippen LogP contribution in [0.15, 0.2) is 23.6 Å². The van der Waals surface area contributed by atoms with Gasteiger partial charge in [0.1, 0.15) is 17.0 Å². The van der Waals surface area contributed by atoms with Crippen LogP contribution in [0.4, 0.5) is 0 Å². The molecule has 2 heterocycles. The van der Waals surface area contributed by atoms with Crippen LogP contribution in [0.5, 0.6) is 0 Å². The molecule has 0 unspecified atom stereocenters. The molecule has 0 bridgehead atoms. The molecule has 0 saturated carbocycles. The SMILES string of the molecule is Cn1cnnc1CNS(=O)(=O)c1cnn(CCO)c1. The zero-order valence-electron chi connectivity index (χ0n) is 10.3. The van der Waals surface area contributed by atoms with Crippen molar-refractivity contribution < 1.29 is 13.5 Å². The van der Waals surface area contributed by atoms with Gasteiger partial charge in [-0.3, -0.25) is 4.68 Å². The predicted octanol–water partition coefficient (Wildman–Crippen LogP) is -1.52. The largest absolute Gasteiger partial charge is 0.394 e. The number of nitrogens with one attached hydrogen (secondary N) is 1. The second kappa shape index (κ2) is 5.47. The zero-order chi connectivity index (χ0) is 13.9. The lowest BCUT2D eigenvalue weighted by Crippen LogP contribution is -2.24. The van der Waals surface area contributed by atoms with E-state index in [1.165, 1.54) is 23.4 Å². The van der Waals surface area contributed by atoms with E-state index in [9.17, 15) is 8.42 Å². The quantitative estimate of drug-likeness (QED) is 0.666. The third kappa shape index (κ3) is 3.16. The van der Waals surface area contributed by atoms with Gasteiger partial charge in [0, 0.05) is 13.2 Å². The topological polar surface area (TPSA) is 115 Å². The molecular weight excluding hydrogens is 272 g/mol. The van der Waals surface area contributed by atoms with E-state index in [4.69, 9.17) is 5.11 Å². The first-order valence-corrected chi connectivity index (χ1v) is 6.97. The van der Waals surface area contributed by atoms with Gasteiger partial charge in [-0.1, -0.05) is 0 Å². The standard InChI is InChI=1S/C9H14N6O3S/c1-14-7-10-13-9(14)5-12-19(17,18)8-4-11-15(6-8)2-3-16/h4,6-7,12,16H,2-3,5H2,1H3. The highest BCUT2D eigenvalue weighted by atomic mass is 32.2. The summed E-state index contributed by atoms with van der Waals surface area (Å²) in [5.74, 6) is 0.506. The van der Waals surface area contributed by atoms with Crippen molar-refractivity contribution >= 4 is 10.0 Å². The van der Waals surface area contributed by atoms with Gasteiger partial charge in [0.05, 0.1) is 25.9 Å². The molecule has 0 atom stereocenters. The van der Waals surface area contributed by atoms with Gasteiger partial charge in [0.25, 0.3) is 0 Å². The van der Waals surface area contributed by atoms with E-state index < -0.39 is 10.0 Å². The summed E-state index contributed by atoms with van der Waals surface area (Å²) in [6.07, 6.45) is 4.08. The molecule has 0 aliphatic heterocycles. The van der Waals surface area contributed by atoms with Gasteiger partial charge in [-0.25, -0.2) is 13.1 Å². The van der Waals surface area contributed by atoms with Crippen LogP contribution in [0, 0.1) is 0 Å². The van der Waals surface area contributed by atoms with Crippen LogP contribution in [0.3, 0.4) is 0 Å². The lowest BCUT2D eigenvalue weighted by molar-refractivity contribution is 0.269. The first kappa shape index (κ1) is 13.6. The Kier molecular flexibility index (Phi) is 3.93. The maximum atomic E-state index is 12.0. The number of rotatable bonds is 6. The fourth-order valence-corrected chi connectivity index (χ4v) is 2.35. The minimum Gasteiger partial charge on any atom is -0.394 e. The monoisotopic (exact) mass is 286 g/mol. The molecule has 0 aliphatic rings. The van der Waals surface area contributed by atoms with Gasteiger partial charge in [0.15, 0.2) is 0 Å². The number of hydrogen-bond donors (Lipinski definition) is 2. The van der Waals surface area contributed by atoms with Crippen molar-refractivity contribution in [3.05, 3.63) is 24.5 Å². The Bertz CT molecular complexity index is 646. The summed E-state index contributed by atoms with van der Waals surface area (Å²) in [6, 6.07) is 0. The summed E-state index contributed by atoms with van der Waals surface area (Å²) in [5.41, 5.74) is 0. The van der Waals surface area contributed by atoms with Crippen molar-refractivity contribution in [1.82, 2.24) is 29.3 Å². The van der Waals surface area contributed by atoms with E-state index in [0.29, 0.717) is 5.82 Å². The van der Waals surface area contributed by atoms with Crippen LogP contribution >= 0.6 is 0 Å². The molecule has 10 heteroatoms. The molecule has 19 heavy (non-hydrogen) atoms. The molecule has 0 spiro atoms. The molecule has 9 nitrogen and oxygen atoms in total. The van der Waals surface area contributed by atoms with Crippen LogP contribution in [-0.2, 0) is 30.2 Å². The number of aliphatic hydroxyl groups excluding tert-OH is 1. The molecule has 0 aromatic carbocycles. The second-order valence-electron chi connectivity index (χ2n) is 3.85. The maximum absolute atomic E-state index is 12.0. The summed E-state index contributed by atoms with van der Waals surface area (Å²) in [7, 11) is -1.92. The molecule has 2 aromatic rings. The Morgan fingerprint density at radius 1 is 1.47 bits per heavy atom. The van der Waals surface area contributed by atoms with Crippen molar-refractivity contribution in [1.29, 1.82) is 0 Å². The Balaban J connectivity index is 2.07. The Labute approximate surface area is 109 Å². The van der Waals surface area contributed by atoms with Crippen molar-refractivity contribution in [2.45, 2.75) is 18.0 Å². The normalized spacial score (nSPS) is 11.9. The molecule has 0 amide bonds. The molecule has 104 valence electrons. The average Bonchev–Trinajstić information content (AvgIpc) is 2.97. The van der Waals surface area contributed by atoms with E-state index >= 15 is 0 Å². The number of aliphatic hydroxyl groups is 1. The van der Waals surface area contributed by atoms with Crippen LogP contribution < -0.4 is 4.72 Å². The van der Waals surface area contributed by atoms with E-state index in [1.54, 1.807) is 11.6 Å². The van der Waals surface area contributed by atoms with Crippen LogP contribution in [0.1, 0.15) is 5.82 Å². The Hall–Kier alpha value is -1.78.